The van der Waals surface area contributed by atoms with E-state index in [4.69, 9.17) is 4.74 Å². The number of aryl methyl sites for hydroxylation is 1. The summed E-state index contributed by atoms with van der Waals surface area (Å²) in [6.07, 6.45) is 7.43. The molecule has 0 bridgehead atoms. The van der Waals surface area contributed by atoms with Crippen LogP contribution < -0.4 is 0 Å². The van der Waals surface area contributed by atoms with Crippen molar-refractivity contribution in [2.75, 3.05) is 39.3 Å². The first-order valence-corrected chi connectivity index (χ1v) is 11.7. The Labute approximate surface area is 181 Å². The van der Waals surface area contributed by atoms with Gasteiger partial charge in [0.25, 0.3) is 5.91 Å². The standard InChI is InChI=1S/C22H29N5O2S/c1-16-20(24-25-30-16)21(28)27-8-6-22(15-27)14-26(10-17-4-5-17)11-19(22)13-29-12-18-3-2-7-23-9-18/h2-3,7,9,17,19H,4-6,8,10-15H2,1H3/t19-,22-/m1/s1. The van der Waals surface area contributed by atoms with Gasteiger partial charge in [-0.25, -0.2) is 0 Å². The molecule has 2 saturated heterocycles. The molecule has 7 nitrogen and oxygen atoms in total. The second kappa shape index (κ2) is 8.32. The van der Waals surface area contributed by atoms with E-state index in [0.717, 1.165) is 55.6 Å². The third-order valence-corrected chi connectivity index (χ3v) is 7.56. The quantitative estimate of drug-likeness (QED) is 0.677. The smallest absolute Gasteiger partial charge is 0.275 e. The number of amides is 1. The minimum atomic E-state index is 0.0359. The Bertz CT molecular complexity index is 887. The van der Waals surface area contributed by atoms with E-state index in [0.29, 0.717) is 18.2 Å². The average Bonchev–Trinajstić information content (AvgIpc) is 3.15. The van der Waals surface area contributed by atoms with Crippen molar-refractivity contribution in [2.24, 2.45) is 17.3 Å². The van der Waals surface area contributed by atoms with Gasteiger partial charge >= 0.3 is 0 Å². The van der Waals surface area contributed by atoms with Gasteiger partial charge in [0.15, 0.2) is 5.69 Å². The molecule has 0 radical (unpaired) electrons. The minimum Gasteiger partial charge on any atom is -0.376 e. The van der Waals surface area contributed by atoms with Gasteiger partial charge in [0.2, 0.25) is 0 Å². The predicted molar refractivity (Wildman–Crippen MR) is 114 cm³/mol. The lowest BCUT2D eigenvalue weighted by molar-refractivity contribution is 0.0494. The lowest BCUT2D eigenvalue weighted by Crippen LogP contribution is -2.38. The summed E-state index contributed by atoms with van der Waals surface area (Å²) in [5.41, 5.74) is 1.75. The van der Waals surface area contributed by atoms with Crippen LogP contribution in [-0.4, -0.2) is 69.6 Å². The lowest BCUT2D eigenvalue weighted by Gasteiger charge is -2.30. The predicted octanol–water partition coefficient (Wildman–Crippen LogP) is 2.63. The average molecular weight is 428 g/mol. The molecule has 8 heteroatoms. The van der Waals surface area contributed by atoms with E-state index in [1.807, 2.05) is 24.1 Å². The van der Waals surface area contributed by atoms with Crippen molar-refractivity contribution < 1.29 is 9.53 Å². The summed E-state index contributed by atoms with van der Waals surface area (Å²) >= 11 is 1.30. The maximum atomic E-state index is 13.0. The van der Waals surface area contributed by atoms with Gasteiger partial charge in [-0.1, -0.05) is 10.6 Å². The van der Waals surface area contributed by atoms with Crippen molar-refractivity contribution in [3.8, 4) is 0 Å². The van der Waals surface area contributed by atoms with Gasteiger partial charge in [-0.3, -0.25) is 9.78 Å². The zero-order valence-electron chi connectivity index (χ0n) is 17.5. The van der Waals surface area contributed by atoms with Crippen LogP contribution in [0, 0.1) is 24.2 Å². The maximum Gasteiger partial charge on any atom is 0.275 e. The van der Waals surface area contributed by atoms with Crippen LogP contribution in [0.5, 0.6) is 0 Å². The summed E-state index contributed by atoms with van der Waals surface area (Å²) in [6, 6.07) is 4.00. The topological polar surface area (TPSA) is 71.5 Å². The third-order valence-electron chi connectivity index (χ3n) is 6.93. The molecule has 3 aliphatic rings. The number of carbonyl (C=O) groups excluding carboxylic acids is 1. The molecule has 4 heterocycles. The van der Waals surface area contributed by atoms with Crippen LogP contribution in [0.3, 0.4) is 0 Å². The van der Waals surface area contributed by atoms with Crippen molar-refractivity contribution >= 4 is 17.4 Å². The molecular formula is C22H29N5O2S. The summed E-state index contributed by atoms with van der Waals surface area (Å²) in [4.78, 5) is 22.7. The summed E-state index contributed by atoms with van der Waals surface area (Å²) in [5.74, 6) is 1.36. The summed E-state index contributed by atoms with van der Waals surface area (Å²) < 4.78 is 10.1. The highest BCUT2D eigenvalue weighted by molar-refractivity contribution is 7.05. The molecule has 1 amide bonds. The number of rotatable bonds is 7. The van der Waals surface area contributed by atoms with Crippen molar-refractivity contribution in [1.82, 2.24) is 24.4 Å². The number of aromatic nitrogens is 3. The molecule has 1 spiro atoms. The Balaban J connectivity index is 1.26. The van der Waals surface area contributed by atoms with Gasteiger partial charge < -0.3 is 14.5 Å². The van der Waals surface area contributed by atoms with E-state index in [2.05, 4.69) is 25.5 Å². The zero-order valence-corrected chi connectivity index (χ0v) is 18.3. The molecule has 2 aromatic heterocycles. The number of pyridine rings is 1. The molecule has 0 aromatic carbocycles. The number of hydrogen-bond acceptors (Lipinski definition) is 7. The van der Waals surface area contributed by atoms with E-state index < -0.39 is 0 Å². The van der Waals surface area contributed by atoms with Crippen LogP contribution >= 0.6 is 11.5 Å². The first kappa shape index (κ1) is 20.0. The molecule has 0 unspecified atom stereocenters. The van der Waals surface area contributed by atoms with E-state index in [1.165, 1.54) is 30.9 Å². The summed E-state index contributed by atoms with van der Waals surface area (Å²) in [5, 5.41) is 4.08. The van der Waals surface area contributed by atoms with Gasteiger partial charge in [0, 0.05) is 56.5 Å². The molecule has 3 fully saturated rings. The number of likely N-dealkylation sites (tertiary alicyclic amines) is 2. The first-order valence-electron chi connectivity index (χ1n) is 10.9. The molecular weight excluding hydrogens is 398 g/mol. The second-order valence-corrected chi connectivity index (χ2v) is 10.2. The highest BCUT2D eigenvalue weighted by Crippen LogP contribution is 2.45. The van der Waals surface area contributed by atoms with Gasteiger partial charge in [-0.05, 0) is 55.3 Å². The highest BCUT2D eigenvalue weighted by atomic mass is 32.1. The van der Waals surface area contributed by atoms with E-state index in [-0.39, 0.29) is 11.3 Å². The maximum absolute atomic E-state index is 13.0. The number of carbonyl (C=O) groups is 1. The van der Waals surface area contributed by atoms with Crippen molar-refractivity contribution in [1.29, 1.82) is 0 Å². The molecule has 1 aliphatic carbocycles. The molecule has 2 aliphatic heterocycles. The fraction of sp³-hybridized carbons (Fsp3) is 0.636. The zero-order chi connectivity index (χ0) is 20.6. The van der Waals surface area contributed by atoms with Crippen molar-refractivity contribution in [3.63, 3.8) is 0 Å². The van der Waals surface area contributed by atoms with E-state index >= 15 is 0 Å². The summed E-state index contributed by atoms with van der Waals surface area (Å²) in [7, 11) is 0. The Morgan fingerprint density at radius 3 is 3.00 bits per heavy atom. The normalized spacial score (nSPS) is 26.7. The second-order valence-electron chi connectivity index (χ2n) is 9.23. The minimum absolute atomic E-state index is 0.0359. The lowest BCUT2D eigenvalue weighted by atomic mass is 9.77. The molecule has 2 atom stereocenters. The van der Waals surface area contributed by atoms with Gasteiger partial charge in [0.05, 0.1) is 18.1 Å². The van der Waals surface area contributed by atoms with Gasteiger partial charge in [-0.15, -0.1) is 5.10 Å². The van der Waals surface area contributed by atoms with Crippen LogP contribution in [-0.2, 0) is 11.3 Å². The Hall–Kier alpha value is -1.90. The Kier molecular flexibility index (Phi) is 5.56. The summed E-state index contributed by atoms with van der Waals surface area (Å²) in [6.45, 7) is 8.18. The molecule has 5 rings (SSSR count). The van der Waals surface area contributed by atoms with Crippen molar-refractivity contribution in [2.45, 2.75) is 32.8 Å². The van der Waals surface area contributed by atoms with Crippen LogP contribution in [0.2, 0.25) is 0 Å². The third kappa shape index (κ3) is 4.13. The molecule has 160 valence electrons. The van der Waals surface area contributed by atoms with Gasteiger partial charge in [-0.2, -0.15) is 0 Å². The van der Waals surface area contributed by atoms with E-state index in [9.17, 15) is 4.79 Å². The monoisotopic (exact) mass is 427 g/mol. The fourth-order valence-corrected chi connectivity index (χ4v) is 5.55. The van der Waals surface area contributed by atoms with Crippen molar-refractivity contribution in [3.05, 3.63) is 40.7 Å². The fourth-order valence-electron chi connectivity index (χ4n) is 5.09. The van der Waals surface area contributed by atoms with Crippen LogP contribution in [0.4, 0.5) is 0 Å². The molecule has 30 heavy (non-hydrogen) atoms. The SMILES string of the molecule is Cc1snnc1C(=O)N1CC[C@@]2(CN(CC3CC3)C[C@@H]2COCc2cccnc2)C1. The number of hydrogen-bond donors (Lipinski definition) is 0. The van der Waals surface area contributed by atoms with Crippen LogP contribution in [0.25, 0.3) is 0 Å². The number of ether oxygens (including phenoxy) is 1. The van der Waals surface area contributed by atoms with Gasteiger partial charge in [0.1, 0.15) is 0 Å². The Morgan fingerprint density at radius 2 is 2.27 bits per heavy atom. The Morgan fingerprint density at radius 1 is 1.37 bits per heavy atom. The molecule has 0 N–H and O–H groups in total. The van der Waals surface area contributed by atoms with E-state index in [1.54, 1.807) is 6.20 Å². The molecule has 1 saturated carbocycles. The van der Waals surface area contributed by atoms with Crippen LogP contribution in [0.1, 0.15) is 40.2 Å². The first-order chi connectivity index (χ1) is 14.6. The largest absolute Gasteiger partial charge is 0.376 e. The molecule has 2 aromatic rings. The highest BCUT2D eigenvalue weighted by Gasteiger charge is 2.52. The van der Waals surface area contributed by atoms with Crippen LogP contribution in [0.15, 0.2) is 24.5 Å². The number of nitrogens with zero attached hydrogens (tertiary/aromatic N) is 5.